The molecule has 1 aliphatic carbocycles. The molecule has 2 atom stereocenters. The molecule has 0 unspecified atom stereocenters. The highest BCUT2D eigenvalue weighted by molar-refractivity contribution is 5.87. The summed E-state index contributed by atoms with van der Waals surface area (Å²) in [4.78, 5) is 30.9. The highest BCUT2D eigenvalue weighted by atomic mass is 19.1. The van der Waals surface area contributed by atoms with Crippen molar-refractivity contribution in [3.05, 3.63) is 48.4 Å². The van der Waals surface area contributed by atoms with Gasteiger partial charge < -0.3 is 20.3 Å². The number of anilines is 1. The lowest BCUT2D eigenvalue weighted by Gasteiger charge is -2.39. The van der Waals surface area contributed by atoms with Gasteiger partial charge in [-0.3, -0.25) is 9.78 Å². The van der Waals surface area contributed by atoms with Gasteiger partial charge in [0.25, 0.3) is 0 Å². The fourth-order valence-corrected chi connectivity index (χ4v) is 4.54. The lowest BCUT2D eigenvalue weighted by Crippen LogP contribution is -2.48. The van der Waals surface area contributed by atoms with E-state index < -0.39 is 11.9 Å². The smallest absolute Gasteiger partial charge is 0.223 e. The molecule has 1 aliphatic heterocycles. The van der Waals surface area contributed by atoms with E-state index in [1.807, 2.05) is 12.3 Å². The third-order valence-electron chi connectivity index (χ3n) is 6.34. The standard InChI is InChI=1S/C21H23FN6O2/c22-13-1-2-16(24-9-13)17(29)10-25-20(30)15-4-8-28(11-21(15)5-6-21)19-14-3-7-23-18(14)26-12-27-19/h1-3,7,9,12,15,17,29H,4-6,8,10-11H2,(H,25,30)(H,23,26,27)/t15-,17-/m1/s1. The predicted octanol–water partition coefficient (Wildman–Crippen LogP) is 1.95. The molecule has 2 aliphatic rings. The molecule has 1 saturated carbocycles. The number of aromatic amines is 1. The number of halogens is 1. The summed E-state index contributed by atoms with van der Waals surface area (Å²) in [5.74, 6) is 0.315. The second kappa shape index (κ2) is 7.32. The van der Waals surface area contributed by atoms with Gasteiger partial charge in [0.15, 0.2) is 0 Å². The Morgan fingerprint density at radius 1 is 1.33 bits per heavy atom. The van der Waals surface area contributed by atoms with Gasteiger partial charge in [-0.15, -0.1) is 0 Å². The molecule has 30 heavy (non-hydrogen) atoms. The number of H-pyrrole nitrogens is 1. The third-order valence-corrected chi connectivity index (χ3v) is 6.34. The first-order valence-corrected chi connectivity index (χ1v) is 10.2. The maximum atomic E-state index is 13.0. The minimum Gasteiger partial charge on any atom is -0.385 e. The number of rotatable bonds is 5. The lowest BCUT2D eigenvalue weighted by molar-refractivity contribution is -0.128. The van der Waals surface area contributed by atoms with Crippen LogP contribution in [0.15, 0.2) is 36.9 Å². The van der Waals surface area contributed by atoms with Crippen molar-refractivity contribution in [1.29, 1.82) is 0 Å². The van der Waals surface area contributed by atoms with E-state index in [1.165, 1.54) is 12.1 Å². The Bertz CT molecular complexity index is 1060. The van der Waals surface area contributed by atoms with Crippen LogP contribution in [0.5, 0.6) is 0 Å². The third kappa shape index (κ3) is 3.39. The van der Waals surface area contributed by atoms with Crippen molar-refractivity contribution in [2.75, 3.05) is 24.5 Å². The highest BCUT2D eigenvalue weighted by Gasteiger charge is 2.55. The van der Waals surface area contributed by atoms with E-state index in [0.29, 0.717) is 5.69 Å². The summed E-state index contributed by atoms with van der Waals surface area (Å²) in [5.41, 5.74) is 1.11. The zero-order chi connectivity index (χ0) is 20.7. The summed E-state index contributed by atoms with van der Waals surface area (Å²) in [6.45, 7) is 1.58. The molecular weight excluding hydrogens is 387 g/mol. The number of fused-ring (bicyclic) bond motifs is 1. The van der Waals surface area contributed by atoms with Crippen LogP contribution in [0.25, 0.3) is 11.0 Å². The van der Waals surface area contributed by atoms with Crippen LogP contribution in [0.4, 0.5) is 10.2 Å². The van der Waals surface area contributed by atoms with Crippen LogP contribution in [-0.4, -0.2) is 50.6 Å². The molecule has 8 nitrogen and oxygen atoms in total. The number of hydrogen-bond donors (Lipinski definition) is 3. The number of piperidine rings is 1. The van der Waals surface area contributed by atoms with Gasteiger partial charge in [0.05, 0.1) is 17.3 Å². The Hall–Kier alpha value is -3.07. The number of pyridine rings is 1. The quantitative estimate of drug-likeness (QED) is 0.594. The summed E-state index contributed by atoms with van der Waals surface area (Å²) in [7, 11) is 0. The summed E-state index contributed by atoms with van der Waals surface area (Å²) in [6, 6.07) is 4.65. The zero-order valence-electron chi connectivity index (χ0n) is 16.4. The molecule has 0 radical (unpaired) electrons. The van der Waals surface area contributed by atoms with Gasteiger partial charge in [-0.05, 0) is 42.9 Å². The first kappa shape index (κ1) is 18.9. The molecule has 3 N–H and O–H groups in total. The Morgan fingerprint density at radius 2 is 2.20 bits per heavy atom. The number of aliphatic hydroxyl groups excluding tert-OH is 1. The lowest BCUT2D eigenvalue weighted by atomic mass is 9.81. The Balaban J connectivity index is 1.24. The average Bonchev–Trinajstić information content (AvgIpc) is 3.33. The van der Waals surface area contributed by atoms with E-state index >= 15 is 0 Å². The Labute approximate surface area is 172 Å². The van der Waals surface area contributed by atoms with Gasteiger partial charge in [-0.2, -0.15) is 0 Å². The maximum absolute atomic E-state index is 13.0. The zero-order valence-corrected chi connectivity index (χ0v) is 16.4. The van der Waals surface area contributed by atoms with Gasteiger partial charge in [0.2, 0.25) is 5.91 Å². The molecule has 1 saturated heterocycles. The molecular formula is C21H23FN6O2. The number of aromatic nitrogens is 4. The minimum absolute atomic E-state index is 0.0391. The monoisotopic (exact) mass is 410 g/mol. The minimum atomic E-state index is -0.965. The highest BCUT2D eigenvalue weighted by Crippen LogP contribution is 2.56. The Kier molecular flexibility index (Phi) is 4.62. The van der Waals surface area contributed by atoms with E-state index in [4.69, 9.17) is 0 Å². The summed E-state index contributed by atoms with van der Waals surface area (Å²) < 4.78 is 13.0. The summed E-state index contributed by atoms with van der Waals surface area (Å²) in [5, 5.41) is 14.1. The fourth-order valence-electron chi connectivity index (χ4n) is 4.54. The number of nitrogens with zero attached hydrogens (tertiary/aromatic N) is 4. The number of amides is 1. The van der Waals surface area contributed by atoms with Crippen molar-refractivity contribution in [3.8, 4) is 0 Å². The van der Waals surface area contributed by atoms with Crippen molar-refractivity contribution in [3.63, 3.8) is 0 Å². The van der Waals surface area contributed by atoms with Crippen molar-refractivity contribution in [2.24, 2.45) is 11.3 Å². The van der Waals surface area contributed by atoms with E-state index in [2.05, 4.69) is 30.2 Å². The normalized spacial score (nSPS) is 21.0. The second-order valence-electron chi connectivity index (χ2n) is 8.22. The summed E-state index contributed by atoms with van der Waals surface area (Å²) in [6.07, 6.45) is 6.26. The summed E-state index contributed by atoms with van der Waals surface area (Å²) >= 11 is 0. The molecule has 3 aromatic rings. The van der Waals surface area contributed by atoms with Crippen LogP contribution >= 0.6 is 0 Å². The largest absolute Gasteiger partial charge is 0.385 e. The van der Waals surface area contributed by atoms with Crippen LogP contribution in [-0.2, 0) is 4.79 Å². The molecule has 1 amide bonds. The van der Waals surface area contributed by atoms with Crippen LogP contribution in [0.3, 0.4) is 0 Å². The van der Waals surface area contributed by atoms with E-state index in [0.717, 1.165) is 55.4 Å². The first-order chi connectivity index (χ1) is 14.6. The van der Waals surface area contributed by atoms with Crippen LogP contribution in [0.1, 0.15) is 31.1 Å². The van der Waals surface area contributed by atoms with Gasteiger partial charge in [0, 0.05) is 31.7 Å². The molecule has 5 rings (SSSR count). The molecule has 0 aromatic carbocycles. The van der Waals surface area contributed by atoms with Crippen LogP contribution in [0, 0.1) is 17.2 Å². The maximum Gasteiger partial charge on any atom is 0.223 e. The van der Waals surface area contributed by atoms with Gasteiger partial charge in [-0.25, -0.2) is 14.4 Å². The van der Waals surface area contributed by atoms with Gasteiger partial charge >= 0.3 is 0 Å². The van der Waals surface area contributed by atoms with Crippen LogP contribution in [0.2, 0.25) is 0 Å². The topological polar surface area (TPSA) is 107 Å². The molecule has 9 heteroatoms. The molecule has 4 heterocycles. The van der Waals surface area contributed by atoms with Crippen molar-refractivity contribution in [1.82, 2.24) is 25.3 Å². The molecule has 3 aromatic heterocycles. The average molecular weight is 410 g/mol. The van der Waals surface area contributed by atoms with E-state index in [9.17, 15) is 14.3 Å². The number of nitrogens with one attached hydrogen (secondary N) is 2. The fraction of sp³-hybridized carbons (Fsp3) is 0.429. The van der Waals surface area contributed by atoms with Gasteiger partial charge in [0.1, 0.15) is 29.7 Å². The molecule has 156 valence electrons. The SMILES string of the molecule is O=C(NC[C@@H](O)c1ccc(F)cn1)[C@H]1CCN(c2ncnc3[nH]ccc23)CC12CC2. The number of carbonyl (C=O) groups excluding carboxylic acids is 1. The van der Waals surface area contributed by atoms with Crippen LogP contribution < -0.4 is 10.2 Å². The van der Waals surface area contributed by atoms with Crippen molar-refractivity contribution >= 4 is 22.8 Å². The van der Waals surface area contributed by atoms with E-state index in [1.54, 1.807) is 6.33 Å². The Morgan fingerprint density at radius 3 is 2.97 bits per heavy atom. The molecule has 1 spiro atoms. The number of carbonyl (C=O) groups is 1. The molecule has 2 fully saturated rings. The first-order valence-electron chi connectivity index (χ1n) is 10.2. The predicted molar refractivity (Wildman–Crippen MR) is 108 cm³/mol. The molecule has 0 bridgehead atoms. The van der Waals surface area contributed by atoms with E-state index in [-0.39, 0.29) is 23.8 Å². The van der Waals surface area contributed by atoms with Gasteiger partial charge in [-0.1, -0.05) is 0 Å². The number of hydrogen-bond acceptors (Lipinski definition) is 6. The van der Waals surface area contributed by atoms with Crippen molar-refractivity contribution in [2.45, 2.75) is 25.4 Å². The second-order valence-corrected chi connectivity index (χ2v) is 8.22. The van der Waals surface area contributed by atoms with Crippen molar-refractivity contribution < 1.29 is 14.3 Å². The number of aliphatic hydroxyl groups is 1.